The molecule has 2 atom stereocenters. The number of ketones is 2. The number of sulfonamides is 1. The van der Waals surface area contributed by atoms with Crippen molar-refractivity contribution in [1.82, 2.24) is 15.0 Å². The number of amides is 1. The topological polar surface area (TPSA) is 135 Å². The first-order chi connectivity index (χ1) is 15.7. The molecule has 33 heavy (non-hydrogen) atoms. The van der Waals surface area contributed by atoms with E-state index >= 15 is 0 Å². The van der Waals surface area contributed by atoms with E-state index in [4.69, 9.17) is 4.42 Å². The van der Waals surface area contributed by atoms with Crippen molar-refractivity contribution in [3.8, 4) is 0 Å². The monoisotopic (exact) mass is 475 g/mol. The number of nitrogens with one attached hydrogen (secondary N) is 2. The SMILES string of the molecule is CC(C)C(NS(=O)(=O)c1ccccc1)C(=O)CC1Cc2coc(n2)CCCCNC(=O)C1=O. The predicted molar refractivity (Wildman–Crippen MR) is 120 cm³/mol. The molecule has 2 aromatic rings. The average Bonchev–Trinajstić information content (AvgIpc) is 3.23. The molecular weight excluding hydrogens is 446 g/mol. The maximum Gasteiger partial charge on any atom is 0.287 e. The second-order valence-electron chi connectivity index (χ2n) is 8.54. The van der Waals surface area contributed by atoms with Crippen molar-refractivity contribution < 1.29 is 27.2 Å². The van der Waals surface area contributed by atoms with Gasteiger partial charge in [0.2, 0.25) is 15.8 Å². The maximum atomic E-state index is 13.2. The van der Waals surface area contributed by atoms with Crippen LogP contribution in [0, 0.1) is 11.8 Å². The molecule has 0 spiro atoms. The Labute approximate surface area is 193 Å². The summed E-state index contributed by atoms with van der Waals surface area (Å²) in [6.45, 7) is 3.77. The van der Waals surface area contributed by atoms with E-state index in [1.165, 1.54) is 18.4 Å². The molecule has 0 saturated heterocycles. The first-order valence-electron chi connectivity index (χ1n) is 11.0. The molecule has 1 aromatic carbocycles. The van der Waals surface area contributed by atoms with Crippen molar-refractivity contribution in [2.45, 2.75) is 56.9 Å². The lowest BCUT2D eigenvalue weighted by Gasteiger charge is -2.23. The fourth-order valence-corrected chi connectivity index (χ4v) is 5.11. The van der Waals surface area contributed by atoms with Gasteiger partial charge < -0.3 is 9.73 Å². The molecule has 178 valence electrons. The number of benzene rings is 1. The minimum absolute atomic E-state index is 0.0417. The Morgan fingerprint density at radius 3 is 2.64 bits per heavy atom. The maximum absolute atomic E-state index is 13.2. The summed E-state index contributed by atoms with van der Waals surface area (Å²) in [5, 5.41) is 2.60. The van der Waals surface area contributed by atoms with Crippen LogP contribution in [0.3, 0.4) is 0 Å². The minimum atomic E-state index is -3.94. The Bertz CT molecular complexity index is 1090. The Hall–Kier alpha value is -2.85. The van der Waals surface area contributed by atoms with Crippen molar-refractivity contribution >= 4 is 27.5 Å². The van der Waals surface area contributed by atoms with Gasteiger partial charge in [0.05, 0.1) is 16.6 Å². The summed E-state index contributed by atoms with van der Waals surface area (Å²) in [5.74, 6) is -2.73. The zero-order chi connectivity index (χ0) is 24.0. The van der Waals surface area contributed by atoms with Gasteiger partial charge in [-0.3, -0.25) is 14.4 Å². The van der Waals surface area contributed by atoms with Crippen LogP contribution in [0.5, 0.6) is 0 Å². The van der Waals surface area contributed by atoms with Crippen molar-refractivity contribution in [2.24, 2.45) is 11.8 Å². The third-order valence-corrected chi connectivity index (χ3v) is 7.01. The van der Waals surface area contributed by atoms with Gasteiger partial charge in [-0.05, 0) is 30.9 Å². The summed E-state index contributed by atoms with van der Waals surface area (Å²) in [6.07, 6.45) is 3.23. The zero-order valence-electron chi connectivity index (χ0n) is 18.7. The molecule has 2 unspecified atom stereocenters. The van der Waals surface area contributed by atoms with Gasteiger partial charge >= 0.3 is 0 Å². The van der Waals surface area contributed by atoms with Crippen molar-refractivity contribution in [3.63, 3.8) is 0 Å². The number of aryl methyl sites for hydroxylation is 1. The first kappa shape index (κ1) is 24.8. The lowest BCUT2D eigenvalue weighted by atomic mass is 9.88. The highest BCUT2D eigenvalue weighted by Gasteiger charge is 2.34. The summed E-state index contributed by atoms with van der Waals surface area (Å²) in [7, 11) is -3.94. The molecule has 1 aromatic heterocycles. The van der Waals surface area contributed by atoms with Crippen LogP contribution in [-0.2, 0) is 37.2 Å². The fourth-order valence-electron chi connectivity index (χ4n) is 3.72. The van der Waals surface area contributed by atoms with Gasteiger partial charge in [-0.2, -0.15) is 0 Å². The van der Waals surface area contributed by atoms with Crippen LogP contribution in [0.25, 0.3) is 0 Å². The van der Waals surface area contributed by atoms with Gasteiger partial charge in [0.25, 0.3) is 5.91 Å². The van der Waals surface area contributed by atoms with Crippen LogP contribution in [0.4, 0.5) is 0 Å². The summed E-state index contributed by atoms with van der Waals surface area (Å²) in [4.78, 5) is 42.8. The number of carbonyl (C=O) groups is 3. The van der Waals surface area contributed by atoms with Gasteiger partial charge in [-0.25, -0.2) is 18.1 Å². The third-order valence-electron chi connectivity index (χ3n) is 5.55. The Morgan fingerprint density at radius 1 is 1.21 bits per heavy atom. The lowest BCUT2D eigenvalue weighted by molar-refractivity contribution is -0.141. The number of hydrogen-bond donors (Lipinski definition) is 2. The molecule has 1 amide bonds. The highest BCUT2D eigenvalue weighted by Crippen LogP contribution is 2.20. The van der Waals surface area contributed by atoms with Gasteiger partial charge in [-0.1, -0.05) is 32.0 Å². The number of carbonyl (C=O) groups excluding carboxylic acids is 3. The number of rotatable bonds is 7. The largest absolute Gasteiger partial charge is 0.449 e. The molecule has 0 saturated carbocycles. The molecule has 0 fully saturated rings. The standard InChI is InChI=1S/C23H29N3O6S/c1-15(2)21(26-33(30,31)18-8-4-3-5-9-18)19(27)13-16-12-17-14-32-20(25-17)10-6-7-11-24-23(29)22(16)28/h3-5,8-9,14-16,21,26H,6-7,10-13H2,1-2H3,(H,24,29). The highest BCUT2D eigenvalue weighted by atomic mass is 32.2. The Balaban J connectivity index is 1.81. The van der Waals surface area contributed by atoms with Gasteiger partial charge in [-0.15, -0.1) is 0 Å². The van der Waals surface area contributed by atoms with Crippen LogP contribution >= 0.6 is 0 Å². The summed E-state index contributed by atoms with van der Waals surface area (Å²) in [5.41, 5.74) is 0.482. The number of fused-ring (bicyclic) bond motifs is 2. The number of Topliss-reactive ketones (excluding diaryl/α,β-unsaturated/α-hetero) is 2. The molecular formula is C23H29N3O6S. The molecule has 3 rings (SSSR count). The van der Waals surface area contributed by atoms with E-state index in [9.17, 15) is 22.8 Å². The van der Waals surface area contributed by atoms with Gasteiger partial charge in [0, 0.05) is 31.7 Å². The van der Waals surface area contributed by atoms with E-state index in [-0.39, 0.29) is 23.7 Å². The van der Waals surface area contributed by atoms with Crippen molar-refractivity contribution in [2.75, 3.05) is 6.54 Å². The van der Waals surface area contributed by atoms with Crippen LogP contribution in [0.2, 0.25) is 0 Å². The third kappa shape index (κ3) is 6.58. The average molecular weight is 476 g/mol. The molecule has 1 aliphatic heterocycles. The number of aromatic nitrogens is 1. The van der Waals surface area contributed by atoms with Gasteiger partial charge in [0.1, 0.15) is 6.26 Å². The normalized spacial score (nSPS) is 18.8. The molecule has 0 aliphatic carbocycles. The predicted octanol–water partition coefficient (Wildman–Crippen LogP) is 1.82. The zero-order valence-corrected chi connectivity index (χ0v) is 19.6. The summed E-state index contributed by atoms with van der Waals surface area (Å²) < 4.78 is 33.5. The quantitative estimate of drug-likeness (QED) is 0.583. The van der Waals surface area contributed by atoms with E-state index in [2.05, 4.69) is 15.0 Å². The molecule has 0 radical (unpaired) electrons. The van der Waals surface area contributed by atoms with Gasteiger partial charge in [0.15, 0.2) is 11.7 Å². The van der Waals surface area contributed by atoms with Crippen LogP contribution < -0.4 is 10.0 Å². The second kappa shape index (κ2) is 10.8. The smallest absolute Gasteiger partial charge is 0.287 e. The summed E-state index contributed by atoms with van der Waals surface area (Å²) >= 11 is 0. The lowest BCUT2D eigenvalue weighted by Crippen LogP contribution is -2.46. The highest BCUT2D eigenvalue weighted by molar-refractivity contribution is 7.89. The molecule has 2 N–H and O–H groups in total. The number of nitrogens with zero attached hydrogens (tertiary/aromatic N) is 1. The van der Waals surface area contributed by atoms with E-state index in [0.717, 1.165) is 6.42 Å². The van der Waals surface area contributed by atoms with Crippen molar-refractivity contribution in [1.29, 1.82) is 0 Å². The Morgan fingerprint density at radius 2 is 1.94 bits per heavy atom. The molecule has 2 heterocycles. The van der Waals surface area contributed by atoms with E-state index in [1.54, 1.807) is 32.0 Å². The minimum Gasteiger partial charge on any atom is -0.449 e. The molecule has 9 nitrogen and oxygen atoms in total. The van der Waals surface area contributed by atoms with Crippen molar-refractivity contribution in [3.05, 3.63) is 48.2 Å². The number of hydrogen-bond acceptors (Lipinski definition) is 7. The van der Waals surface area contributed by atoms with E-state index < -0.39 is 39.5 Å². The van der Waals surface area contributed by atoms with E-state index in [1.807, 2.05) is 0 Å². The first-order valence-corrected chi connectivity index (χ1v) is 12.5. The molecule has 10 heteroatoms. The Kier molecular flexibility index (Phi) is 8.15. The number of oxazole rings is 1. The fraction of sp³-hybridized carbons (Fsp3) is 0.478. The van der Waals surface area contributed by atoms with E-state index in [0.29, 0.717) is 31.0 Å². The molecule has 1 aliphatic rings. The van der Waals surface area contributed by atoms with Crippen LogP contribution in [0.1, 0.15) is 44.7 Å². The van der Waals surface area contributed by atoms with Crippen LogP contribution in [0.15, 0.2) is 45.9 Å². The molecule has 2 bridgehead atoms. The second-order valence-corrected chi connectivity index (χ2v) is 10.3. The van der Waals surface area contributed by atoms with Crippen LogP contribution in [-0.4, -0.2) is 43.5 Å². The summed E-state index contributed by atoms with van der Waals surface area (Å²) in [6, 6.07) is 6.70.